The third-order valence-corrected chi connectivity index (χ3v) is 8.82. The van der Waals surface area contributed by atoms with Gasteiger partial charge < -0.3 is 4.74 Å². The third kappa shape index (κ3) is 6.86. The lowest BCUT2D eigenvalue weighted by atomic mass is 9.70. The molecule has 0 bridgehead atoms. The molecule has 0 saturated heterocycles. The number of Topliss-reactive ketones (excluding diaryl/α,β-unsaturated/α-hetero) is 1. The summed E-state index contributed by atoms with van der Waals surface area (Å²) in [6.07, 6.45) is 5.04. The molecule has 0 radical (unpaired) electrons. The summed E-state index contributed by atoms with van der Waals surface area (Å²) in [5.41, 5.74) is 4.39. The van der Waals surface area contributed by atoms with Crippen molar-refractivity contribution in [1.29, 1.82) is 0 Å². The lowest BCUT2D eigenvalue weighted by Crippen LogP contribution is -2.33. The van der Waals surface area contributed by atoms with Crippen LogP contribution in [0.4, 0.5) is 5.69 Å². The molecule has 7 heteroatoms. The van der Waals surface area contributed by atoms with E-state index in [2.05, 4.69) is 38.1 Å². The Morgan fingerprint density at radius 3 is 1.97 bits per heavy atom. The van der Waals surface area contributed by atoms with Crippen LogP contribution in [0.5, 0.6) is 5.75 Å². The zero-order valence-electron chi connectivity index (χ0n) is 23.4. The number of carbonyl (C=O) groups is 1. The van der Waals surface area contributed by atoms with Crippen molar-refractivity contribution in [1.82, 2.24) is 0 Å². The number of benzene rings is 2. The lowest BCUT2D eigenvalue weighted by molar-refractivity contribution is -0.128. The summed E-state index contributed by atoms with van der Waals surface area (Å²) in [4.78, 5) is 12.3. The van der Waals surface area contributed by atoms with Gasteiger partial charge >= 0.3 is 0 Å². The van der Waals surface area contributed by atoms with Gasteiger partial charge in [0.1, 0.15) is 12.4 Å². The zero-order valence-corrected chi connectivity index (χ0v) is 25.0. The van der Waals surface area contributed by atoms with E-state index in [1.54, 1.807) is 11.8 Å². The Balaban J connectivity index is 2.46. The number of aryl methyl sites for hydroxylation is 2. The number of hydrogen-bond acceptors (Lipinski definition) is 5. The van der Waals surface area contributed by atoms with Gasteiger partial charge in [0, 0.05) is 23.1 Å². The molecule has 200 valence electrons. The van der Waals surface area contributed by atoms with Gasteiger partial charge in [0.25, 0.3) is 0 Å². The molecule has 36 heavy (non-hydrogen) atoms. The van der Waals surface area contributed by atoms with E-state index in [-0.39, 0.29) is 17.8 Å². The van der Waals surface area contributed by atoms with Crippen LogP contribution in [-0.2, 0) is 20.2 Å². The summed E-state index contributed by atoms with van der Waals surface area (Å²) in [7, 11) is -3.37. The van der Waals surface area contributed by atoms with Gasteiger partial charge in [-0.1, -0.05) is 58.9 Å². The van der Waals surface area contributed by atoms with Gasteiger partial charge in [0.05, 0.1) is 11.9 Å². The highest BCUT2D eigenvalue weighted by atomic mass is 32.2. The number of carbonyl (C=O) groups excluding carboxylic acids is 1. The van der Waals surface area contributed by atoms with Crippen molar-refractivity contribution in [2.75, 3.05) is 35.7 Å². The molecule has 0 atom stereocenters. The van der Waals surface area contributed by atoms with Gasteiger partial charge in [-0.15, -0.1) is 0 Å². The Labute approximate surface area is 223 Å². The molecule has 0 fully saturated rings. The van der Waals surface area contributed by atoms with E-state index < -0.39 is 15.4 Å². The fourth-order valence-corrected chi connectivity index (χ4v) is 6.04. The second-order valence-electron chi connectivity index (χ2n) is 10.6. The van der Waals surface area contributed by atoms with E-state index in [9.17, 15) is 13.2 Å². The number of hydrogen-bond donors (Lipinski definition) is 0. The molecule has 0 N–H and O–H groups in total. The third-order valence-electron chi connectivity index (χ3n) is 7.05. The van der Waals surface area contributed by atoms with Crippen LogP contribution in [-0.4, -0.2) is 45.6 Å². The van der Waals surface area contributed by atoms with Gasteiger partial charge in [0.2, 0.25) is 10.0 Å². The first kappa shape index (κ1) is 30.2. The maximum Gasteiger partial charge on any atom is 0.232 e. The van der Waals surface area contributed by atoms with Gasteiger partial charge in [-0.2, -0.15) is 11.8 Å². The van der Waals surface area contributed by atoms with Crippen molar-refractivity contribution in [2.24, 2.45) is 5.41 Å². The van der Waals surface area contributed by atoms with Crippen LogP contribution in [0.25, 0.3) is 0 Å². The molecular formula is C29H43NO4S2. The van der Waals surface area contributed by atoms with Crippen LogP contribution < -0.4 is 9.04 Å². The van der Waals surface area contributed by atoms with Crippen LogP contribution in [0.2, 0.25) is 0 Å². The molecule has 2 aromatic carbocycles. The minimum Gasteiger partial charge on any atom is -0.486 e. The quantitative estimate of drug-likeness (QED) is 0.310. The van der Waals surface area contributed by atoms with Crippen molar-refractivity contribution in [3.63, 3.8) is 0 Å². The Morgan fingerprint density at radius 2 is 1.53 bits per heavy atom. The van der Waals surface area contributed by atoms with Gasteiger partial charge in [0.15, 0.2) is 5.78 Å². The number of ether oxygens (including phenoxy) is 1. The molecule has 2 rings (SSSR count). The number of anilines is 1. The van der Waals surface area contributed by atoms with E-state index in [0.717, 1.165) is 41.2 Å². The van der Waals surface area contributed by atoms with E-state index in [1.807, 2.05) is 53.0 Å². The Kier molecular flexibility index (Phi) is 10.1. The van der Waals surface area contributed by atoms with Crippen LogP contribution >= 0.6 is 11.8 Å². The van der Waals surface area contributed by atoms with Crippen molar-refractivity contribution < 1.29 is 17.9 Å². The van der Waals surface area contributed by atoms with Gasteiger partial charge in [-0.05, 0) is 67.3 Å². The summed E-state index contributed by atoms with van der Waals surface area (Å²) in [5.74, 6) is 1.53. The standard InChI is InChI=1S/C29H43NO4S2/c1-10-29(11-2,24-13-15-26(22(4)19-24)34-20-27(31)28(5,6)7)23-12-14-25(21(3)18-23)30(16-17-35-8)36(9,32)33/h12-15,18-19H,10-11,16-17,20H2,1-9H3. The van der Waals surface area contributed by atoms with Crippen molar-refractivity contribution in [3.05, 3.63) is 58.7 Å². The van der Waals surface area contributed by atoms with Crippen LogP contribution in [0.1, 0.15) is 69.7 Å². The SMILES string of the molecule is CCC(CC)(c1ccc(OCC(=O)C(C)(C)C)c(C)c1)c1ccc(N(CCSC)S(C)(=O)=O)c(C)c1. The lowest BCUT2D eigenvalue weighted by Gasteiger charge is -2.35. The molecule has 0 aliphatic carbocycles. The first-order valence-electron chi connectivity index (χ1n) is 12.6. The summed E-state index contributed by atoms with van der Waals surface area (Å²) in [5, 5.41) is 0. The molecule has 0 saturated carbocycles. The number of nitrogens with zero attached hydrogens (tertiary/aromatic N) is 1. The fourth-order valence-electron chi connectivity index (χ4n) is 4.57. The van der Waals surface area contributed by atoms with E-state index in [4.69, 9.17) is 4.74 Å². The molecular weight excluding hydrogens is 490 g/mol. The topological polar surface area (TPSA) is 63.7 Å². The molecule has 0 aromatic heterocycles. The highest BCUT2D eigenvalue weighted by Gasteiger charge is 2.32. The average Bonchev–Trinajstić information content (AvgIpc) is 2.79. The molecule has 5 nitrogen and oxygen atoms in total. The molecule has 2 aromatic rings. The smallest absolute Gasteiger partial charge is 0.232 e. The Bertz CT molecular complexity index is 1160. The molecule has 0 aliphatic rings. The first-order valence-corrected chi connectivity index (χ1v) is 15.8. The summed E-state index contributed by atoms with van der Waals surface area (Å²) < 4.78 is 32.4. The molecule has 0 unspecified atom stereocenters. The van der Waals surface area contributed by atoms with E-state index in [1.165, 1.54) is 21.7 Å². The largest absolute Gasteiger partial charge is 0.486 e. The second kappa shape index (κ2) is 12.0. The number of rotatable bonds is 12. The minimum atomic E-state index is -3.37. The maximum absolute atomic E-state index is 12.5. The normalized spacial score (nSPS) is 12.5. The summed E-state index contributed by atoms with van der Waals surface area (Å²) >= 11 is 1.63. The fraction of sp³-hybridized carbons (Fsp3) is 0.552. The first-order chi connectivity index (χ1) is 16.7. The Morgan fingerprint density at radius 1 is 0.972 bits per heavy atom. The molecule has 0 amide bonds. The second-order valence-corrected chi connectivity index (χ2v) is 13.5. The van der Waals surface area contributed by atoms with E-state index >= 15 is 0 Å². The van der Waals surface area contributed by atoms with Gasteiger partial charge in [-0.25, -0.2) is 8.42 Å². The number of thioether (sulfide) groups is 1. The van der Waals surface area contributed by atoms with Crippen molar-refractivity contribution in [3.8, 4) is 5.75 Å². The van der Waals surface area contributed by atoms with Crippen molar-refractivity contribution in [2.45, 2.75) is 66.7 Å². The van der Waals surface area contributed by atoms with E-state index in [0.29, 0.717) is 6.54 Å². The highest BCUT2D eigenvalue weighted by molar-refractivity contribution is 7.98. The predicted molar refractivity (Wildman–Crippen MR) is 154 cm³/mol. The summed E-state index contributed by atoms with van der Waals surface area (Å²) in [6, 6.07) is 12.4. The zero-order chi connectivity index (χ0) is 27.3. The van der Waals surface area contributed by atoms with Crippen LogP contribution in [0.15, 0.2) is 36.4 Å². The molecule has 0 aliphatic heterocycles. The maximum atomic E-state index is 12.5. The van der Waals surface area contributed by atoms with Crippen LogP contribution in [0.3, 0.4) is 0 Å². The monoisotopic (exact) mass is 533 g/mol. The molecule has 0 heterocycles. The number of ketones is 1. The summed E-state index contributed by atoms with van der Waals surface area (Å²) in [6.45, 7) is 14.6. The van der Waals surface area contributed by atoms with Crippen LogP contribution in [0, 0.1) is 19.3 Å². The number of sulfonamides is 1. The minimum absolute atomic E-state index is 0.0599. The Hall–Kier alpha value is -1.99. The van der Waals surface area contributed by atoms with Crippen molar-refractivity contribution >= 4 is 33.3 Å². The highest BCUT2D eigenvalue weighted by Crippen LogP contribution is 2.42. The van der Waals surface area contributed by atoms with Gasteiger partial charge in [-0.3, -0.25) is 9.10 Å². The average molecular weight is 534 g/mol. The molecule has 0 spiro atoms. The predicted octanol–water partition coefficient (Wildman–Crippen LogP) is 6.53.